The lowest BCUT2D eigenvalue weighted by Gasteiger charge is -1.97. The number of ketones is 1. The Kier molecular flexibility index (Phi) is 3.13. The van der Waals surface area contributed by atoms with E-state index in [-0.39, 0.29) is 17.2 Å². The standard InChI is InChI=1S/C19H11NO4/c21-19(12-5-7-16(8-6-12)20(22)23)18-11-15-9-13-3-1-2-4-14(13)10-17(15)24-18/h1-11H. The molecule has 0 spiro atoms. The van der Waals surface area contributed by atoms with Crippen LogP contribution in [0.15, 0.2) is 71.1 Å². The third-order valence-corrected chi connectivity index (χ3v) is 3.95. The summed E-state index contributed by atoms with van der Waals surface area (Å²) in [5.74, 6) is -0.0840. The number of fused-ring (bicyclic) bond motifs is 2. The second-order valence-corrected chi connectivity index (χ2v) is 5.48. The molecule has 0 saturated carbocycles. The Hall–Kier alpha value is -3.47. The second kappa shape index (κ2) is 5.31. The zero-order valence-electron chi connectivity index (χ0n) is 12.4. The number of hydrogen-bond donors (Lipinski definition) is 0. The minimum atomic E-state index is -0.499. The van der Waals surface area contributed by atoms with E-state index in [2.05, 4.69) is 0 Å². The number of nitrogens with zero attached hydrogens (tertiary/aromatic N) is 1. The Morgan fingerprint density at radius 2 is 1.54 bits per heavy atom. The van der Waals surface area contributed by atoms with Crippen molar-refractivity contribution >= 4 is 33.2 Å². The topological polar surface area (TPSA) is 73.3 Å². The summed E-state index contributed by atoms with van der Waals surface area (Å²) in [6.07, 6.45) is 0. The summed E-state index contributed by atoms with van der Waals surface area (Å²) in [7, 11) is 0. The Labute approximate surface area is 136 Å². The van der Waals surface area contributed by atoms with Gasteiger partial charge in [-0.1, -0.05) is 24.3 Å². The van der Waals surface area contributed by atoms with Crippen LogP contribution in [0, 0.1) is 10.1 Å². The lowest BCUT2D eigenvalue weighted by molar-refractivity contribution is -0.384. The summed E-state index contributed by atoms with van der Waals surface area (Å²) in [4.78, 5) is 22.7. The fourth-order valence-electron chi connectivity index (χ4n) is 2.72. The number of nitro groups is 1. The van der Waals surface area contributed by atoms with Crippen molar-refractivity contribution in [2.24, 2.45) is 0 Å². The molecule has 0 amide bonds. The minimum Gasteiger partial charge on any atom is -0.453 e. The molecule has 0 atom stereocenters. The number of benzene rings is 3. The van der Waals surface area contributed by atoms with Crippen LogP contribution >= 0.6 is 0 Å². The van der Waals surface area contributed by atoms with Gasteiger partial charge in [-0.3, -0.25) is 14.9 Å². The van der Waals surface area contributed by atoms with Crippen LogP contribution in [0.4, 0.5) is 5.69 Å². The van der Waals surface area contributed by atoms with E-state index in [1.165, 1.54) is 24.3 Å². The Balaban J connectivity index is 1.76. The quantitative estimate of drug-likeness (QED) is 0.311. The predicted octanol–water partition coefficient (Wildman–Crippen LogP) is 4.73. The van der Waals surface area contributed by atoms with Crippen molar-refractivity contribution in [1.82, 2.24) is 0 Å². The largest absolute Gasteiger partial charge is 0.453 e. The van der Waals surface area contributed by atoms with Crippen molar-refractivity contribution in [1.29, 1.82) is 0 Å². The number of carbonyl (C=O) groups is 1. The maximum absolute atomic E-state index is 12.5. The van der Waals surface area contributed by atoms with Gasteiger partial charge < -0.3 is 4.42 Å². The van der Waals surface area contributed by atoms with Gasteiger partial charge in [0.15, 0.2) is 5.76 Å². The summed E-state index contributed by atoms with van der Waals surface area (Å²) in [6, 6.07) is 18.9. The summed E-state index contributed by atoms with van der Waals surface area (Å²) in [5, 5.41) is 13.6. The Morgan fingerprint density at radius 3 is 2.21 bits per heavy atom. The number of carbonyl (C=O) groups excluding carboxylic acids is 1. The Bertz CT molecular complexity index is 1040. The normalized spacial score (nSPS) is 11.0. The maximum Gasteiger partial charge on any atom is 0.269 e. The molecule has 0 aliphatic heterocycles. The molecule has 116 valence electrons. The van der Waals surface area contributed by atoms with Gasteiger partial charge in [0.1, 0.15) is 5.58 Å². The SMILES string of the molecule is O=C(c1ccc([N+](=O)[O-])cc1)c1cc2cc3ccccc3cc2o1. The van der Waals surface area contributed by atoms with Gasteiger partial charge >= 0.3 is 0 Å². The summed E-state index contributed by atoms with van der Waals surface area (Å²) < 4.78 is 5.69. The zero-order valence-corrected chi connectivity index (χ0v) is 12.4. The molecule has 1 heterocycles. The van der Waals surface area contributed by atoms with E-state index in [1.54, 1.807) is 6.07 Å². The number of furan rings is 1. The van der Waals surface area contributed by atoms with E-state index < -0.39 is 4.92 Å². The molecule has 0 unspecified atom stereocenters. The molecule has 5 heteroatoms. The molecule has 1 aromatic heterocycles. The Morgan fingerprint density at radius 1 is 0.875 bits per heavy atom. The fourth-order valence-corrected chi connectivity index (χ4v) is 2.72. The highest BCUT2D eigenvalue weighted by molar-refractivity contribution is 6.10. The average molecular weight is 317 g/mol. The van der Waals surface area contributed by atoms with Crippen LogP contribution in [-0.2, 0) is 0 Å². The first-order chi connectivity index (χ1) is 11.6. The van der Waals surface area contributed by atoms with Crippen molar-refractivity contribution < 1.29 is 14.1 Å². The highest BCUT2D eigenvalue weighted by atomic mass is 16.6. The minimum absolute atomic E-state index is 0.0533. The van der Waals surface area contributed by atoms with Gasteiger partial charge in [-0.05, 0) is 41.1 Å². The van der Waals surface area contributed by atoms with Crippen LogP contribution in [0.25, 0.3) is 21.7 Å². The molecule has 0 N–H and O–H groups in total. The number of rotatable bonds is 3. The van der Waals surface area contributed by atoms with Crippen molar-refractivity contribution in [3.63, 3.8) is 0 Å². The van der Waals surface area contributed by atoms with Crippen molar-refractivity contribution in [2.45, 2.75) is 0 Å². The van der Waals surface area contributed by atoms with E-state index in [9.17, 15) is 14.9 Å². The highest BCUT2D eigenvalue weighted by Gasteiger charge is 2.16. The van der Waals surface area contributed by atoms with Gasteiger partial charge in [0.25, 0.3) is 5.69 Å². The van der Waals surface area contributed by atoms with Gasteiger partial charge in [0.05, 0.1) is 4.92 Å². The first-order valence-electron chi connectivity index (χ1n) is 7.33. The van der Waals surface area contributed by atoms with Gasteiger partial charge in [-0.15, -0.1) is 0 Å². The molecule has 0 fully saturated rings. The van der Waals surface area contributed by atoms with Crippen LogP contribution < -0.4 is 0 Å². The molecule has 0 saturated heterocycles. The van der Waals surface area contributed by atoms with E-state index in [0.29, 0.717) is 11.1 Å². The van der Waals surface area contributed by atoms with E-state index in [0.717, 1.165) is 16.2 Å². The van der Waals surface area contributed by atoms with Crippen LogP contribution in [-0.4, -0.2) is 10.7 Å². The molecule has 4 aromatic rings. The van der Waals surface area contributed by atoms with E-state index in [4.69, 9.17) is 4.42 Å². The molecule has 24 heavy (non-hydrogen) atoms. The molecule has 3 aromatic carbocycles. The second-order valence-electron chi connectivity index (χ2n) is 5.48. The molecular weight excluding hydrogens is 306 g/mol. The average Bonchev–Trinajstić information content (AvgIpc) is 3.01. The van der Waals surface area contributed by atoms with Crippen molar-refractivity contribution in [3.8, 4) is 0 Å². The summed E-state index contributed by atoms with van der Waals surface area (Å²) in [6.45, 7) is 0. The first-order valence-corrected chi connectivity index (χ1v) is 7.33. The smallest absolute Gasteiger partial charge is 0.269 e. The predicted molar refractivity (Wildman–Crippen MR) is 90.2 cm³/mol. The first kappa shape index (κ1) is 14.1. The third-order valence-electron chi connectivity index (χ3n) is 3.95. The summed E-state index contributed by atoms with van der Waals surface area (Å²) >= 11 is 0. The molecule has 4 rings (SSSR count). The number of nitro benzene ring substituents is 1. The van der Waals surface area contributed by atoms with Crippen LogP contribution in [0.5, 0.6) is 0 Å². The van der Waals surface area contributed by atoms with E-state index in [1.807, 2.05) is 36.4 Å². The lowest BCUT2D eigenvalue weighted by atomic mass is 10.1. The third kappa shape index (κ3) is 2.32. The molecule has 0 radical (unpaired) electrons. The van der Waals surface area contributed by atoms with Crippen molar-refractivity contribution in [2.75, 3.05) is 0 Å². The lowest BCUT2D eigenvalue weighted by Crippen LogP contribution is -1.99. The van der Waals surface area contributed by atoms with Gasteiger partial charge in [-0.2, -0.15) is 0 Å². The fraction of sp³-hybridized carbons (Fsp3) is 0. The number of hydrogen-bond acceptors (Lipinski definition) is 4. The molecule has 0 aliphatic rings. The molecule has 0 bridgehead atoms. The van der Waals surface area contributed by atoms with Gasteiger partial charge in [0, 0.05) is 23.1 Å². The van der Waals surface area contributed by atoms with E-state index >= 15 is 0 Å². The van der Waals surface area contributed by atoms with Crippen LogP contribution in [0.3, 0.4) is 0 Å². The van der Waals surface area contributed by atoms with Gasteiger partial charge in [0.2, 0.25) is 5.78 Å². The molecular formula is C19H11NO4. The highest BCUT2D eigenvalue weighted by Crippen LogP contribution is 2.27. The maximum atomic E-state index is 12.5. The zero-order chi connectivity index (χ0) is 16.7. The van der Waals surface area contributed by atoms with Crippen LogP contribution in [0.1, 0.15) is 16.1 Å². The molecule has 0 aliphatic carbocycles. The van der Waals surface area contributed by atoms with Gasteiger partial charge in [-0.25, -0.2) is 0 Å². The monoisotopic (exact) mass is 317 g/mol. The molecule has 5 nitrogen and oxygen atoms in total. The van der Waals surface area contributed by atoms with Crippen LogP contribution in [0.2, 0.25) is 0 Å². The summed E-state index contributed by atoms with van der Waals surface area (Å²) in [5.41, 5.74) is 0.936. The van der Waals surface area contributed by atoms with Crippen molar-refractivity contribution in [3.05, 3.63) is 88.2 Å². The number of non-ortho nitro benzene ring substituents is 1.